The number of hydrogen-bond acceptors (Lipinski definition) is 8. The first-order valence-electron chi connectivity index (χ1n) is 15.9. The molecule has 2 fully saturated rings. The fourth-order valence-electron chi connectivity index (χ4n) is 5.95. The maximum absolute atomic E-state index is 14.4. The minimum atomic E-state index is -0.121. The number of ether oxygens (including phenoxy) is 2. The zero-order valence-electron chi connectivity index (χ0n) is 26.7. The van der Waals surface area contributed by atoms with Gasteiger partial charge in [-0.15, -0.1) is 0 Å². The van der Waals surface area contributed by atoms with E-state index >= 15 is 0 Å². The van der Waals surface area contributed by atoms with Gasteiger partial charge < -0.3 is 24.2 Å². The van der Waals surface area contributed by atoms with Crippen LogP contribution in [0.3, 0.4) is 0 Å². The van der Waals surface area contributed by atoms with Crippen LogP contribution in [0.1, 0.15) is 19.7 Å². The molecule has 11 heteroatoms. The second kappa shape index (κ2) is 14.1. The summed E-state index contributed by atoms with van der Waals surface area (Å²) in [6.45, 7) is 10.6. The van der Waals surface area contributed by atoms with Crippen LogP contribution < -0.4 is 19.9 Å². The van der Waals surface area contributed by atoms with E-state index in [1.165, 1.54) is 0 Å². The molecule has 0 N–H and O–H groups in total. The molecule has 0 bridgehead atoms. The average molecular weight is 645 g/mol. The van der Waals surface area contributed by atoms with Crippen molar-refractivity contribution in [2.75, 3.05) is 70.9 Å². The van der Waals surface area contributed by atoms with Crippen molar-refractivity contribution < 1.29 is 14.3 Å². The van der Waals surface area contributed by atoms with Gasteiger partial charge in [-0.05, 0) is 75.5 Å². The summed E-state index contributed by atoms with van der Waals surface area (Å²) >= 11 is 5.95. The van der Waals surface area contributed by atoms with Crippen molar-refractivity contribution in [3.05, 3.63) is 87.9 Å². The Hall–Kier alpha value is -4.12. The summed E-state index contributed by atoms with van der Waals surface area (Å²) in [6.07, 6.45) is -0.0631. The van der Waals surface area contributed by atoms with Gasteiger partial charge in [-0.2, -0.15) is 0 Å². The lowest BCUT2D eigenvalue weighted by molar-refractivity contribution is -0.135. The summed E-state index contributed by atoms with van der Waals surface area (Å²) in [5.41, 5.74) is 2.25. The fraction of sp³-hybridized carbons (Fsp3) is 0.400. The zero-order chi connectivity index (χ0) is 32.2. The van der Waals surface area contributed by atoms with Crippen molar-refractivity contribution in [1.82, 2.24) is 24.3 Å². The van der Waals surface area contributed by atoms with Crippen molar-refractivity contribution >= 4 is 34.1 Å². The van der Waals surface area contributed by atoms with Gasteiger partial charge in [-0.1, -0.05) is 23.7 Å². The summed E-state index contributed by atoms with van der Waals surface area (Å²) in [4.78, 5) is 41.1. The largest absolute Gasteiger partial charge is 0.489 e. The molecule has 0 aliphatic carbocycles. The van der Waals surface area contributed by atoms with Gasteiger partial charge in [0.25, 0.3) is 11.5 Å². The van der Waals surface area contributed by atoms with E-state index in [0.29, 0.717) is 71.7 Å². The predicted octanol–water partition coefficient (Wildman–Crippen LogP) is 4.30. The van der Waals surface area contributed by atoms with Crippen LogP contribution in [0.5, 0.6) is 11.5 Å². The molecule has 6 rings (SSSR count). The quantitative estimate of drug-likeness (QED) is 0.267. The van der Waals surface area contributed by atoms with Crippen LogP contribution >= 0.6 is 11.6 Å². The maximum atomic E-state index is 14.4. The number of fused-ring (bicyclic) bond motifs is 1. The minimum absolute atomic E-state index is 0.0316. The van der Waals surface area contributed by atoms with Crippen LogP contribution in [-0.2, 0) is 11.3 Å². The van der Waals surface area contributed by atoms with Crippen LogP contribution in [0.4, 0.5) is 5.69 Å². The van der Waals surface area contributed by atoms with E-state index in [9.17, 15) is 9.59 Å². The number of likely N-dealkylation sites (N-methyl/N-ethyl adjacent to an activating group) is 1. The SMILES string of the molecule is CC(C)Oc1ccccc1-n1c(CN2CCN(C(=O)COc3ccc(Cl)cc3)CC2)nc2ccc(N3CCN(C)CC3)cc2c1=O. The molecule has 46 heavy (non-hydrogen) atoms. The normalized spacial score (nSPS) is 16.3. The van der Waals surface area contributed by atoms with Gasteiger partial charge in [-0.25, -0.2) is 4.98 Å². The topological polar surface area (TPSA) is 83.4 Å². The zero-order valence-corrected chi connectivity index (χ0v) is 27.4. The summed E-state index contributed by atoms with van der Waals surface area (Å²) in [7, 11) is 2.13. The monoisotopic (exact) mass is 644 g/mol. The highest BCUT2D eigenvalue weighted by Gasteiger charge is 2.25. The number of aromatic nitrogens is 2. The van der Waals surface area contributed by atoms with E-state index in [2.05, 4.69) is 27.8 Å². The summed E-state index contributed by atoms with van der Waals surface area (Å²) < 4.78 is 13.6. The minimum Gasteiger partial charge on any atom is -0.489 e. The lowest BCUT2D eigenvalue weighted by Crippen LogP contribution is -2.50. The van der Waals surface area contributed by atoms with Crippen molar-refractivity contribution in [2.45, 2.75) is 26.5 Å². The van der Waals surface area contributed by atoms with Crippen molar-refractivity contribution in [3.8, 4) is 17.2 Å². The first-order chi connectivity index (χ1) is 22.2. The van der Waals surface area contributed by atoms with Crippen LogP contribution in [0, 0.1) is 0 Å². The molecule has 2 aliphatic heterocycles. The molecule has 0 atom stereocenters. The second-order valence-corrected chi connectivity index (χ2v) is 12.6. The number of carbonyl (C=O) groups excluding carboxylic acids is 1. The average Bonchev–Trinajstić information content (AvgIpc) is 3.05. The maximum Gasteiger partial charge on any atom is 0.266 e. The summed E-state index contributed by atoms with van der Waals surface area (Å²) in [6, 6.07) is 20.6. The van der Waals surface area contributed by atoms with E-state index in [4.69, 9.17) is 26.1 Å². The number of rotatable bonds is 9. The molecule has 0 radical (unpaired) electrons. The summed E-state index contributed by atoms with van der Waals surface area (Å²) in [5.74, 6) is 1.81. The van der Waals surface area contributed by atoms with Gasteiger partial charge in [0.2, 0.25) is 0 Å². The molecule has 4 aromatic rings. The molecule has 0 unspecified atom stereocenters. The lowest BCUT2D eigenvalue weighted by Gasteiger charge is -2.35. The third-order valence-electron chi connectivity index (χ3n) is 8.52. The molecule has 2 aliphatic rings. The number of hydrogen-bond donors (Lipinski definition) is 0. The Kier molecular flexibility index (Phi) is 9.77. The van der Waals surface area contributed by atoms with Crippen molar-refractivity contribution in [3.63, 3.8) is 0 Å². The molecular weight excluding hydrogens is 604 g/mol. The highest BCUT2D eigenvalue weighted by molar-refractivity contribution is 6.30. The first-order valence-corrected chi connectivity index (χ1v) is 16.3. The van der Waals surface area contributed by atoms with Crippen molar-refractivity contribution in [2.24, 2.45) is 0 Å². The van der Waals surface area contributed by atoms with Gasteiger partial charge in [0.15, 0.2) is 6.61 Å². The number of piperazine rings is 2. The molecule has 0 spiro atoms. The van der Waals surface area contributed by atoms with E-state index in [1.807, 2.05) is 55.1 Å². The number of carbonyl (C=O) groups is 1. The molecule has 10 nitrogen and oxygen atoms in total. The smallest absolute Gasteiger partial charge is 0.266 e. The van der Waals surface area contributed by atoms with Gasteiger partial charge in [-0.3, -0.25) is 19.1 Å². The first kappa shape index (κ1) is 31.8. The predicted molar refractivity (Wildman–Crippen MR) is 182 cm³/mol. The Balaban J connectivity index is 1.25. The van der Waals surface area contributed by atoms with Crippen LogP contribution in [0.2, 0.25) is 5.02 Å². The summed E-state index contributed by atoms with van der Waals surface area (Å²) in [5, 5.41) is 1.20. The molecule has 242 valence electrons. The Labute approximate surface area is 274 Å². The molecule has 1 aromatic heterocycles. The highest BCUT2D eigenvalue weighted by atomic mass is 35.5. The Morgan fingerprint density at radius 1 is 0.913 bits per heavy atom. The van der Waals surface area contributed by atoms with Gasteiger partial charge in [0, 0.05) is 63.1 Å². The third kappa shape index (κ3) is 7.30. The molecule has 3 heterocycles. The van der Waals surface area contributed by atoms with Crippen LogP contribution in [0.15, 0.2) is 71.5 Å². The van der Waals surface area contributed by atoms with E-state index in [-0.39, 0.29) is 24.2 Å². The molecule has 1 amide bonds. The van der Waals surface area contributed by atoms with Gasteiger partial charge in [0.1, 0.15) is 17.3 Å². The van der Waals surface area contributed by atoms with Crippen molar-refractivity contribution in [1.29, 1.82) is 0 Å². The Morgan fingerprint density at radius 2 is 1.63 bits per heavy atom. The number of nitrogens with zero attached hydrogens (tertiary/aromatic N) is 6. The Bertz CT molecular complexity index is 1730. The highest BCUT2D eigenvalue weighted by Crippen LogP contribution is 2.27. The van der Waals surface area contributed by atoms with E-state index in [0.717, 1.165) is 31.9 Å². The van der Waals surface area contributed by atoms with Gasteiger partial charge >= 0.3 is 0 Å². The molecule has 0 saturated carbocycles. The fourth-order valence-corrected chi connectivity index (χ4v) is 6.08. The number of halogens is 1. The van der Waals surface area contributed by atoms with E-state index < -0.39 is 0 Å². The van der Waals surface area contributed by atoms with Crippen LogP contribution in [-0.4, -0.2) is 102 Å². The lowest BCUT2D eigenvalue weighted by atomic mass is 10.1. The Morgan fingerprint density at radius 3 is 2.35 bits per heavy atom. The number of amides is 1. The molecule has 3 aromatic carbocycles. The van der Waals surface area contributed by atoms with Gasteiger partial charge in [0.05, 0.1) is 29.2 Å². The molecular formula is C35H41ClN6O4. The number of benzene rings is 3. The number of anilines is 1. The number of para-hydroxylation sites is 2. The molecule has 2 saturated heterocycles. The third-order valence-corrected chi connectivity index (χ3v) is 8.78. The standard InChI is InChI=1S/C35H41ClN6O4/c1-25(2)46-32-7-5-4-6-31(32)42-33(37-30-13-10-27(22-29(30)35(42)44)40-18-14-38(3)15-19-40)23-39-16-20-41(21-17-39)34(43)24-45-28-11-8-26(36)9-12-28/h4-13,22,25H,14-21,23-24H2,1-3H3. The van der Waals surface area contributed by atoms with Crippen LogP contribution in [0.25, 0.3) is 16.6 Å². The van der Waals surface area contributed by atoms with E-state index in [1.54, 1.807) is 28.8 Å². The second-order valence-electron chi connectivity index (χ2n) is 12.2.